The standard InChI is InChI=1S/C19H12N2O2/c1-23-14-6-7-15-18(10-14)21-16(8-9-17(21)19(15)22)13-4-2-12(11-20)3-5-13/h2-10H,1H3. The highest BCUT2D eigenvalue weighted by Gasteiger charge is 2.29. The number of carbonyl (C=O) groups excluding carboxylic acids is 1. The maximum absolute atomic E-state index is 12.5. The normalized spacial score (nSPS) is 11.7. The van der Waals surface area contributed by atoms with Gasteiger partial charge in [0, 0.05) is 11.6 Å². The van der Waals surface area contributed by atoms with E-state index in [0.29, 0.717) is 22.6 Å². The number of nitriles is 1. The Hall–Kier alpha value is -3.32. The number of rotatable bonds is 2. The Balaban J connectivity index is 1.92. The molecule has 0 fully saturated rings. The van der Waals surface area contributed by atoms with E-state index in [0.717, 1.165) is 16.9 Å². The van der Waals surface area contributed by atoms with E-state index in [1.807, 2.05) is 34.9 Å². The Kier molecular flexibility index (Phi) is 2.82. The molecule has 3 aromatic rings. The number of hydrogen-bond acceptors (Lipinski definition) is 3. The highest BCUT2D eigenvalue weighted by Crippen LogP contribution is 2.36. The molecule has 0 aliphatic carbocycles. The molecule has 2 heterocycles. The molecule has 1 aromatic heterocycles. The predicted molar refractivity (Wildman–Crippen MR) is 85.9 cm³/mol. The fourth-order valence-electron chi connectivity index (χ4n) is 2.97. The Morgan fingerprint density at radius 1 is 1.00 bits per heavy atom. The lowest BCUT2D eigenvalue weighted by atomic mass is 10.1. The van der Waals surface area contributed by atoms with Crippen LogP contribution in [0.1, 0.15) is 21.6 Å². The lowest BCUT2D eigenvalue weighted by Crippen LogP contribution is -1.96. The molecule has 4 rings (SSSR count). The summed E-state index contributed by atoms with van der Waals surface area (Å²) < 4.78 is 7.23. The second-order valence-corrected chi connectivity index (χ2v) is 5.34. The van der Waals surface area contributed by atoms with Crippen LogP contribution in [-0.2, 0) is 0 Å². The molecule has 0 N–H and O–H groups in total. The molecule has 23 heavy (non-hydrogen) atoms. The van der Waals surface area contributed by atoms with Crippen molar-refractivity contribution >= 4 is 5.78 Å². The number of ether oxygens (including phenoxy) is 1. The molecule has 0 saturated heterocycles. The first-order chi connectivity index (χ1) is 11.2. The molecule has 0 unspecified atom stereocenters. The van der Waals surface area contributed by atoms with Crippen LogP contribution in [0.5, 0.6) is 5.75 Å². The van der Waals surface area contributed by atoms with Gasteiger partial charge in [0.25, 0.3) is 0 Å². The monoisotopic (exact) mass is 300 g/mol. The van der Waals surface area contributed by atoms with E-state index in [4.69, 9.17) is 10.00 Å². The van der Waals surface area contributed by atoms with Crippen molar-refractivity contribution in [3.63, 3.8) is 0 Å². The topological polar surface area (TPSA) is 55.0 Å². The Morgan fingerprint density at radius 3 is 2.43 bits per heavy atom. The van der Waals surface area contributed by atoms with E-state index >= 15 is 0 Å². The summed E-state index contributed by atoms with van der Waals surface area (Å²) in [5, 5.41) is 8.92. The van der Waals surface area contributed by atoms with E-state index in [2.05, 4.69) is 6.07 Å². The van der Waals surface area contributed by atoms with E-state index in [-0.39, 0.29) is 5.78 Å². The van der Waals surface area contributed by atoms with E-state index < -0.39 is 0 Å². The van der Waals surface area contributed by atoms with Gasteiger partial charge in [-0.05, 0) is 42.0 Å². The van der Waals surface area contributed by atoms with Crippen molar-refractivity contribution in [3.8, 4) is 28.8 Å². The number of ketones is 1. The number of methoxy groups -OCH3 is 1. The summed E-state index contributed by atoms with van der Waals surface area (Å²) in [5.74, 6) is 0.728. The van der Waals surface area contributed by atoms with Gasteiger partial charge in [-0.3, -0.25) is 4.79 Å². The molecule has 1 aliphatic rings. The average molecular weight is 300 g/mol. The van der Waals surface area contributed by atoms with Crippen LogP contribution in [0.3, 0.4) is 0 Å². The largest absolute Gasteiger partial charge is 0.497 e. The average Bonchev–Trinajstić information content (AvgIpc) is 3.15. The Morgan fingerprint density at radius 2 is 1.74 bits per heavy atom. The van der Waals surface area contributed by atoms with E-state index in [9.17, 15) is 4.79 Å². The number of carbonyl (C=O) groups is 1. The Bertz CT molecular complexity index is 976. The fraction of sp³-hybridized carbons (Fsp3) is 0.0526. The minimum atomic E-state index is 0.0162. The highest BCUT2D eigenvalue weighted by atomic mass is 16.5. The Labute approximate surface area is 133 Å². The van der Waals surface area contributed by atoms with Crippen LogP contribution in [0.25, 0.3) is 16.9 Å². The van der Waals surface area contributed by atoms with Crippen LogP contribution in [-0.4, -0.2) is 17.5 Å². The summed E-state index contributed by atoms with van der Waals surface area (Å²) in [4.78, 5) is 12.5. The molecule has 4 nitrogen and oxygen atoms in total. The van der Waals surface area contributed by atoms with Gasteiger partial charge in [0.15, 0.2) is 0 Å². The van der Waals surface area contributed by atoms with Gasteiger partial charge in [-0.2, -0.15) is 5.26 Å². The van der Waals surface area contributed by atoms with Gasteiger partial charge in [-0.15, -0.1) is 0 Å². The first-order valence-electron chi connectivity index (χ1n) is 7.18. The molecule has 0 saturated carbocycles. The van der Waals surface area contributed by atoms with Gasteiger partial charge >= 0.3 is 0 Å². The summed E-state index contributed by atoms with van der Waals surface area (Å²) in [5.41, 5.74) is 4.64. The minimum Gasteiger partial charge on any atom is -0.497 e. The van der Waals surface area contributed by atoms with Gasteiger partial charge in [0.1, 0.15) is 5.75 Å². The van der Waals surface area contributed by atoms with Crippen LogP contribution in [0.15, 0.2) is 54.6 Å². The number of benzene rings is 2. The van der Waals surface area contributed by atoms with Crippen molar-refractivity contribution in [2.24, 2.45) is 0 Å². The zero-order chi connectivity index (χ0) is 16.0. The van der Waals surface area contributed by atoms with Gasteiger partial charge in [0.05, 0.1) is 35.8 Å². The molecule has 1 aliphatic heterocycles. The van der Waals surface area contributed by atoms with Crippen molar-refractivity contribution < 1.29 is 9.53 Å². The van der Waals surface area contributed by atoms with Crippen molar-refractivity contribution in [2.45, 2.75) is 0 Å². The van der Waals surface area contributed by atoms with E-state index in [1.54, 1.807) is 31.4 Å². The van der Waals surface area contributed by atoms with Crippen molar-refractivity contribution in [2.75, 3.05) is 7.11 Å². The maximum Gasteiger partial charge on any atom is 0.211 e. The number of nitrogens with zero attached hydrogens (tertiary/aromatic N) is 2. The van der Waals surface area contributed by atoms with Crippen LogP contribution in [0.2, 0.25) is 0 Å². The lowest BCUT2D eigenvalue weighted by Gasteiger charge is -2.10. The molecule has 0 atom stereocenters. The second-order valence-electron chi connectivity index (χ2n) is 5.34. The molecule has 0 amide bonds. The van der Waals surface area contributed by atoms with Gasteiger partial charge < -0.3 is 9.30 Å². The number of fused-ring (bicyclic) bond motifs is 3. The van der Waals surface area contributed by atoms with E-state index in [1.165, 1.54) is 0 Å². The smallest absolute Gasteiger partial charge is 0.211 e. The molecule has 0 radical (unpaired) electrons. The molecule has 0 bridgehead atoms. The molecular formula is C19H12N2O2. The van der Waals surface area contributed by atoms with Crippen LogP contribution in [0, 0.1) is 11.3 Å². The van der Waals surface area contributed by atoms with Crippen LogP contribution >= 0.6 is 0 Å². The van der Waals surface area contributed by atoms with Crippen molar-refractivity contribution in [3.05, 3.63) is 71.4 Å². The first kappa shape index (κ1) is 13.4. The van der Waals surface area contributed by atoms with Crippen molar-refractivity contribution in [1.82, 2.24) is 4.57 Å². The quantitative estimate of drug-likeness (QED) is 0.568. The summed E-state index contributed by atoms with van der Waals surface area (Å²) in [7, 11) is 1.61. The lowest BCUT2D eigenvalue weighted by molar-refractivity contribution is 0.104. The molecule has 2 aromatic carbocycles. The SMILES string of the molecule is COc1ccc2c(c1)-n1c(ccc1-c1ccc(C#N)cc1)C2=O. The molecule has 0 spiro atoms. The van der Waals surface area contributed by atoms with Crippen LogP contribution in [0.4, 0.5) is 0 Å². The minimum absolute atomic E-state index is 0.0162. The maximum atomic E-state index is 12.5. The second kappa shape index (κ2) is 4.85. The summed E-state index contributed by atoms with van der Waals surface area (Å²) in [6.45, 7) is 0. The number of aromatic nitrogens is 1. The molecule has 4 heteroatoms. The predicted octanol–water partition coefficient (Wildman–Crippen LogP) is 3.57. The zero-order valence-electron chi connectivity index (χ0n) is 12.4. The highest BCUT2D eigenvalue weighted by molar-refractivity contribution is 6.14. The van der Waals surface area contributed by atoms with Crippen molar-refractivity contribution in [1.29, 1.82) is 5.26 Å². The first-order valence-corrected chi connectivity index (χ1v) is 7.18. The van der Waals surface area contributed by atoms with Gasteiger partial charge in [-0.25, -0.2) is 0 Å². The third-order valence-corrected chi connectivity index (χ3v) is 4.11. The van der Waals surface area contributed by atoms with Gasteiger partial charge in [-0.1, -0.05) is 12.1 Å². The number of hydrogen-bond donors (Lipinski definition) is 0. The van der Waals surface area contributed by atoms with Gasteiger partial charge in [0.2, 0.25) is 5.78 Å². The summed E-state index contributed by atoms with van der Waals surface area (Å²) >= 11 is 0. The summed E-state index contributed by atoms with van der Waals surface area (Å²) in [6, 6.07) is 18.7. The van der Waals surface area contributed by atoms with Crippen LogP contribution < -0.4 is 4.74 Å². The molecule has 110 valence electrons. The zero-order valence-corrected chi connectivity index (χ0v) is 12.4. The third kappa shape index (κ3) is 1.87. The summed E-state index contributed by atoms with van der Waals surface area (Å²) in [6.07, 6.45) is 0. The fourth-order valence-corrected chi connectivity index (χ4v) is 2.97. The third-order valence-electron chi connectivity index (χ3n) is 4.11. The molecular weight excluding hydrogens is 288 g/mol.